The molecule has 0 aliphatic rings. The van der Waals surface area contributed by atoms with Crippen LogP contribution in [0, 0.1) is 0 Å². The second-order valence-electron chi connectivity index (χ2n) is 12.2. The Labute approximate surface area is 298 Å². The van der Waals surface area contributed by atoms with Gasteiger partial charge in [-0.3, -0.25) is 14.1 Å². The van der Waals surface area contributed by atoms with Gasteiger partial charge in [0.15, 0.2) is 6.10 Å². The van der Waals surface area contributed by atoms with Crippen molar-refractivity contribution in [1.82, 2.24) is 0 Å². The molecule has 49 heavy (non-hydrogen) atoms. The predicted molar refractivity (Wildman–Crippen MR) is 202 cm³/mol. The average molecular weight is 707 g/mol. The van der Waals surface area contributed by atoms with E-state index < -0.39 is 32.5 Å². The van der Waals surface area contributed by atoms with Crippen LogP contribution in [-0.2, 0) is 28.2 Å². The molecule has 0 spiro atoms. The highest BCUT2D eigenvalue weighted by atomic mass is 31.2. The minimum atomic E-state index is -4.77. The fourth-order valence-electron chi connectivity index (χ4n) is 4.61. The van der Waals surface area contributed by atoms with Crippen molar-refractivity contribution in [2.24, 2.45) is 0 Å². The molecule has 0 aliphatic carbocycles. The highest BCUT2D eigenvalue weighted by Crippen LogP contribution is 2.35. The maximum atomic E-state index is 12.4. The van der Waals surface area contributed by atoms with Crippen LogP contribution in [-0.4, -0.2) is 41.0 Å². The van der Waals surface area contributed by atoms with E-state index in [1.807, 2.05) is 0 Å². The SMILES string of the molecule is CCC/C=C/C/C=C/C/C=C/C/C=C/CCCCCC(=O)O[C@H](COC(=O)CCCCCCC/C=C/C/C=C/CCCC)COP(=O)(O)O. The molecule has 0 rings (SSSR count). The molecule has 0 fully saturated rings. The summed E-state index contributed by atoms with van der Waals surface area (Å²) in [6.07, 6.45) is 44.7. The number of ether oxygens (including phenoxy) is 2. The summed E-state index contributed by atoms with van der Waals surface area (Å²) in [5, 5.41) is 0. The number of phosphoric acid groups is 1. The van der Waals surface area contributed by atoms with Gasteiger partial charge in [0, 0.05) is 12.8 Å². The summed E-state index contributed by atoms with van der Waals surface area (Å²) >= 11 is 0. The van der Waals surface area contributed by atoms with Gasteiger partial charge >= 0.3 is 19.8 Å². The van der Waals surface area contributed by atoms with Gasteiger partial charge in [-0.15, -0.1) is 0 Å². The lowest BCUT2D eigenvalue weighted by atomic mass is 10.1. The Hall–Kier alpha value is -2.51. The van der Waals surface area contributed by atoms with Gasteiger partial charge in [-0.1, -0.05) is 132 Å². The third kappa shape index (κ3) is 38.1. The third-order valence-electron chi connectivity index (χ3n) is 7.43. The molecule has 0 aromatic carbocycles. The van der Waals surface area contributed by atoms with E-state index in [9.17, 15) is 14.2 Å². The normalized spacial score (nSPS) is 13.3. The van der Waals surface area contributed by atoms with E-state index >= 15 is 0 Å². The minimum Gasteiger partial charge on any atom is -0.462 e. The number of hydrogen-bond acceptors (Lipinski definition) is 6. The summed E-state index contributed by atoms with van der Waals surface area (Å²) < 4.78 is 26.3. The molecular formula is C40H67O8P. The predicted octanol–water partition coefficient (Wildman–Crippen LogP) is 11.1. The standard InChI is InChI=1S/C40H67O8P/c1-3-5-7-9-11-13-15-17-19-20-21-23-25-27-29-31-33-35-40(42)48-38(37-47-49(43,44)45)36-46-39(41)34-32-30-28-26-24-22-18-16-14-12-10-8-6-4-2/h7,9-10,12-13,15-16,18-20,23,25,38H,3-6,8,11,14,17,21-22,24,26-37H2,1-2H3,(H2,43,44,45)/b9-7+,12-10+,15-13+,18-16+,20-19+,25-23+/t38-/m1/s1. The molecule has 0 radical (unpaired) electrons. The van der Waals surface area contributed by atoms with E-state index in [1.54, 1.807) is 0 Å². The fraction of sp³-hybridized carbons (Fsp3) is 0.650. The van der Waals surface area contributed by atoms with Crippen LogP contribution in [0.15, 0.2) is 72.9 Å². The van der Waals surface area contributed by atoms with Gasteiger partial charge in [0.2, 0.25) is 0 Å². The van der Waals surface area contributed by atoms with Crippen molar-refractivity contribution in [3.05, 3.63) is 72.9 Å². The summed E-state index contributed by atoms with van der Waals surface area (Å²) in [7, 11) is -4.77. The molecule has 0 saturated heterocycles. The quantitative estimate of drug-likeness (QED) is 0.0299. The summed E-state index contributed by atoms with van der Waals surface area (Å²) in [6, 6.07) is 0. The van der Waals surface area contributed by atoms with E-state index in [4.69, 9.17) is 19.3 Å². The van der Waals surface area contributed by atoms with Crippen molar-refractivity contribution < 1.29 is 37.9 Å². The van der Waals surface area contributed by atoms with E-state index in [0.29, 0.717) is 12.8 Å². The van der Waals surface area contributed by atoms with Gasteiger partial charge in [-0.05, 0) is 77.0 Å². The molecule has 0 unspecified atom stereocenters. The highest BCUT2D eigenvalue weighted by molar-refractivity contribution is 7.46. The Morgan fingerprint density at radius 1 is 0.531 bits per heavy atom. The average Bonchev–Trinajstić information content (AvgIpc) is 3.07. The molecule has 0 aromatic heterocycles. The minimum absolute atomic E-state index is 0.167. The smallest absolute Gasteiger partial charge is 0.462 e. The maximum Gasteiger partial charge on any atom is 0.469 e. The van der Waals surface area contributed by atoms with Crippen LogP contribution < -0.4 is 0 Å². The summed E-state index contributed by atoms with van der Waals surface area (Å²) in [4.78, 5) is 42.7. The number of hydrogen-bond donors (Lipinski definition) is 2. The van der Waals surface area contributed by atoms with E-state index in [2.05, 4.69) is 91.3 Å². The Morgan fingerprint density at radius 3 is 1.47 bits per heavy atom. The number of rotatable bonds is 33. The fourth-order valence-corrected chi connectivity index (χ4v) is 4.97. The van der Waals surface area contributed by atoms with Crippen molar-refractivity contribution in [2.45, 2.75) is 155 Å². The molecule has 0 heterocycles. The second kappa shape index (κ2) is 35.3. The number of carbonyl (C=O) groups excluding carboxylic acids is 2. The topological polar surface area (TPSA) is 119 Å². The zero-order valence-corrected chi connectivity index (χ0v) is 31.5. The van der Waals surface area contributed by atoms with Gasteiger partial charge in [-0.2, -0.15) is 0 Å². The van der Waals surface area contributed by atoms with Crippen LogP contribution in [0.3, 0.4) is 0 Å². The van der Waals surface area contributed by atoms with Crippen LogP contribution in [0.25, 0.3) is 0 Å². The van der Waals surface area contributed by atoms with E-state index in [0.717, 1.165) is 89.9 Å². The largest absolute Gasteiger partial charge is 0.469 e. The van der Waals surface area contributed by atoms with Crippen LogP contribution in [0.1, 0.15) is 149 Å². The molecule has 280 valence electrons. The summed E-state index contributed by atoms with van der Waals surface area (Å²) in [5.74, 6) is -0.946. The zero-order valence-electron chi connectivity index (χ0n) is 30.6. The van der Waals surface area contributed by atoms with Crippen molar-refractivity contribution in [2.75, 3.05) is 13.2 Å². The molecular weight excluding hydrogens is 639 g/mol. The molecule has 0 aromatic rings. The van der Waals surface area contributed by atoms with Crippen LogP contribution in [0.5, 0.6) is 0 Å². The first-order chi connectivity index (χ1) is 23.8. The summed E-state index contributed by atoms with van der Waals surface area (Å²) in [6.45, 7) is 3.51. The van der Waals surface area contributed by atoms with Gasteiger partial charge in [0.05, 0.1) is 6.61 Å². The second-order valence-corrected chi connectivity index (χ2v) is 13.4. The van der Waals surface area contributed by atoms with Crippen LogP contribution in [0.4, 0.5) is 0 Å². The van der Waals surface area contributed by atoms with Gasteiger partial charge in [0.25, 0.3) is 0 Å². The molecule has 0 aliphatic heterocycles. The van der Waals surface area contributed by atoms with Crippen molar-refractivity contribution in [3.63, 3.8) is 0 Å². The molecule has 2 N–H and O–H groups in total. The number of unbranched alkanes of at least 4 members (excludes halogenated alkanes) is 11. The van der Waals surface area contributed by atoms with Crippen LogP contribution >= 0.6 is 7.82 Å². The lowest BCUT2D eigenvalue weighted by Crippen LogP contribution is -2.29. The maximum absolute atomic E-state index is 12.4. The first kappa shape index (κ1) is 46.5. The summed E-state index contributed by atoms with van der Waals surface area (Å²) in [5.41, 5.74) is 0. The van der Waals surface area contributed by atoms with Crippen LogP contribution in [0.2, 0.25) is 0 Å². The van der Waals surface area contributed by atoms with Crippen molar-refractivity contribution >= 4 is 19.8 Å². The lowest BCUT2D eigenvalue weighted by molar-refractivity contribution is -0.161. The number of phosphoric ester groups is 1. The Balaban J connectivity index is 4.08. The van der Waals surface area contributed by atoms with E-state index in [-0.39, 0.29) is 19.4 Å². The first-order valence-electron chi connectivity index (χ1n) is 18.7. The monoisotopic (exact) mass is 706 g/mol. The molecule has 1 atom stereocenters. The number of esters is 2. The zero-order chi connectivity index (χ0) is 36.1. The van der Waals surface area contributed by atoms with Gasteiger partial charge in [-0.25, -0.2) is 4.57 Å². The van der Waals surface area contributed by atoms with Gasteiger partial charge in [0.1, 0.15) is 6.61 Å². The molecule has 0 saturated carbocycles. The number of carbonyl (C=O) groups is 2. The Morgan fingerprint density at radius 2 is 0.959 bits per heavy atom. The number of allylic oxidation sites excluding steroid dienone is 12. The Bertz CT molecular complexity index is 1020. The van der Waals surface area contributed by atoms with Gasteiger partial charge < -0.3 is 19.3 Å². The van der Waals surface area contributed by atoms with E-state index in [1.165, 1.54) is 19.3 Å². The first-order valence-corrected chi connectivity index (χ1v) is 20.3. The lowest BCUT2D eigenvalue weighted by Gasteiger charge is -2.18. The molecule has 8 nitrogen and oxygen atoms in total. The molecule has 9 heteroatoms. The van der Waals surface area contributed by atoms with Crippen molar-refractivity contribution in [3.8, 4) is 0 Å². The highest BCUT2D eigenvalue weighted by Gasteiger charge is 2.22. The molecule has 0 bridgehead atoms. The third-order valence-corrected chi connectivity index (χ3v) is 7.91. The Kier molecular flexibility index (Phi) is 33.5. The van der Waals surface area contributed by atoms with Crippen molar-refractivity contribution in [1.29, 1.82) is 0 Å². The molecule has 0 amide bonds.